The van der Waals surface area contributed by atoms with Crippen LogP contribution in [0, 0.1) is 18.3 Å². The lowest BCUT2D eigenvalue weighted by Gasteiger charge is -2.22. The SMILES string of the molecule is CCOC(=O)/C(C#N)=C/NC1=NCCN1c1ccccc1C. The molecule has 0 fully saturated rings. The van der Waals surface area contributed by atoms with Crippen molar-refractivity contribution in [3.05, 3.63) is 41.6 Å². The minimum atomic E-state index is -0.640. The number of aryl methyl sites for hydroxylation is 1. The molecule has 1 aromatic rings. The highest BCUT2D eigenvalue weighted by atomic mass is 16.5. The first-order chi connectivity index (χ1) is 10.7. The monoisotopic (exact) mass is 298 g/mol. The van der Waals surface area contributed by atoms with Gasteiger partial charge in [0.25, 0.3) is 0 Å². The molecule has 0 aromatic heterocycles. The Morgan fingerprint density at radius 1 is 1.55 bits per heavy atom. The van der Waals surface area contributed by atoms with Gasteiger partial charge in [-0.2, -0.15) is 5.26 Å². The second-order valence-electron chi connectivity index (χ2n) is 4.68. The number of carbonyl (C=O) groups is 1. The van der Waals surface area contributed by atoms with E-state index in [-0.39, 0.29) is 12.2 Å². The van der Waals surface area contributed by atoms with Crippen molar-refractivity contribution in [1.82, 2.24) is 5.32 Å². The van der Waals surface area contributed by atoms with Gasteiger partial charge in [-0.15, -0.1) is 0 Å². The molecule has 6 nitrogen and oxygen atoms in total. The van der Waals surface area contributed by atoms with Gasteiger partial charge in [-0.1, -0.05) is 18.2 Å². The third kappa shape index (κ3) is 3.44. The Hall–Kier alpha value is -2.81. The Balaban J connectivity index is 2.14. The van der Waals surface area contributed by atoms with Crippen LogP contribution in [0.4, 0.5) is 5.69 Å². The highest BCUT2D eigenvalue weighted by Crippen LogP contribution is 2.21. The van der Waals surface area contributed by atoms with Crippen LogP contribution in [0.5, 0.6) is 0 Å². The molecule has 1 heterocycles. The molecule has 1 aliphatic rings. The van der Waals surface area contributed by atoms with E-state index in [1.165, 1.54) is 6.20 Å². The number of guanidine groups is 1. The number of benzene rings is 1. The van der Waals surface area contributed by atoms with Gasteiger partial charge in [0.15, 0.2) is 5.57 Å². The number of nitrogens with one attached hydrogen (secondary N) is 1. The maximum absolute atomic E-state index is 11.6. The van der Waals surface area contributed by atoms with Gasteiger partial charge >= 0.3 is 5.97 Å². The summed E-state index contributed by atoms with van der Waals surface area (Å²) in [5.74, 6) is -0.0233. The lowest BCUT2D eigenvalue weighted by Crippen LogP contribution is -2.36. The number of anilines is 1. The van der Waals surface area contributed by atoms with Crippen LogP contribution in [0.1, 0.15) is 12.5 Å². The molecule has 0 spiro atoms. The predicted molar refractivity (Wildman–Crippen MR) is 84.3 cm³/mol. The van der Waals surface area contributed by atoms with Gasteiger partial charge in [0.1, 0.15) is 6.07 Å². The Morgan fingerprint density at radius 3 is 3.00 bits per heavy atom. The van der Waals surface area contributed by atoms with Crippen LogP contribution in [0.3, 0.4) is 0 Å². The number of ether oxygens (including phenoxy) is 1. The molecule has 0 saturated carbocycles. The van der Waals surface area contributed by atoms with Gasteiger partial charge < -0.3 is 15.0 Å². The number of para-hydroxylation sites is 1. The second-order valence-corrected chi connectivity index (χ2v) is 4.68. The number of carbonyl (C=O) groups excluding carboxylic acids is 1. The van der Waals surface area contributed by atoms with Crippen molar-refractivity contribution in [1.29, 1.82) is 5.26 Å². The van der Waals surface area contributed by atoms with E-state index in [0.717, 1.165) is 17.8 Å². The number of aliphatic imine (C=N–C) groups is 1. The molecule has 2 rings (SSSR count). The van der Waals surface area contributed by atoms with Gasteiger partial charge in [-0.05, 0) is 25.5 Å². The summed E-state index contributed by atoms with van der Waals surface area (Å²) < 4.78 is 4.82. The molecular weight excluding hydrogens is 280 g/mol. The highest BCUT2D eigenvalue weighted by Gasteiger charge is 2.20. The largest absolute Gasteiger partial charge is 0.462 e. The number of nitriles is 1. The van der Waals surface area contributed by atoms with Crippen LogP contribution in [0.15, 0.2) is 41.0 Å². The van der Waals surface area contributed by atoms with E-state index in [1.54, 1.807) is 6.92 Å². The summed E-state index contributed by atoms with van der Waals surface area (Å²) in [5.41, 5.74) is 2.10. The Morgan fingerprint density at radius 2 is 2.32 bits per heavy atom. The van der Waals surface area contributed by atoms with E-state index in [9.17, 15) is 4.79 Å². The van der Waals surface area contributed by atoms with Crippen LogP contribution in [0.25, 0.3) is 0 Å². The van der Waals surface area contributed by atoms with E-state index in [1.807, 2.05) is 42.2 Å². The van der Waals surface area contributed by atoms with Gasteiger partial charge in [-0.25, -0.2) is 4.79 Å². The zero-order chi connectivity index (χ0) is 15.9. The Kier molecular flexibility index (Phi) is 5.15. The summed E-state index contributed by atoms with van der Waals surface area (Å²) in [7, 11) is 0. The van der Waals surface area contributed by atoms with Gasteiger partial charge in [0, 0.05) is 18.4 Å². The fraction of sp³-hybridized carbons (Fsp3) is 0.312. The van der Waals surface area contributed by atoms with Gasteiger partial charge in [-0.3, -0.25) is 4.99 Å². The van der Waals surface area contributed by atoms with Crippen LogP contribution < -0.4 is 10.2 Å². The molecule has 0 amide bonds. The molecule has 6 heteroatoms. The molecule has 114 valence electrons. The lowest BCUT2D eigenvalue weighted by molar-refractivity contribution is -0.138. The number of rotatable bonds is 4. The van der Waals surface area contributed by atoms with E-state index in [4.69, 9.17) is 10.00 Å². The average Bonchev–Trinajstić information content (AvgIpc) is 2.97. The first-order valence-electron chi connectivity index (χ1n) is 7.09. The molecule has 0 aliphatic carbocycles. The van der Waals surface area contributed by atoms with Crippen LogP contribution in [0.2, 0.25) is 0 Å². The summed E-state index contributed by atoms with van der Waals surface area (Å²) in [4.78, 5) is 18.0. The van der Waals surface area contributed by atoms with Crippen molar-refractivity contribution < 1.29 is 9.53 Å². The summed E-state index contributed by atoms with van der Waals surface area (Å²) >= 11 is 0. The Bertz CT molecular complexity index is 658. The van der Waals surface area contributed by atoms with Gasteiger partial charge in [0.2, 0.25) is 5.96 Å². The molecule has 1 aromatic carbocycles. The summed E-state index contributed by atoms with van der Waals surface area (Å²) in [6.45, 7) is 5.37. The van der Waals surface area contributed by atoms with Crippen molar-refractivity contribution in [3.8, 4) is 6.07 Å². The maximum Gasteiger partial charge on any atom is 0.350 e. The number of nitrogens with zero attached hydrogens (tertiary/aromatic N) is 3. The van der Waals surface area contributed by atoms with Crippen molar-refractivity contribution in [2.24, 2.45) is 4.99 Å². The molecule has 1 N–H and O–H groups in total. The fourth-order valence-corrected chi connectivity index (χ4v) is 2.15. The van der Waals surface area contributed by atoms with E-state index in [2.05, 4.69) is 10.3 Å². The van der Waals surface area contributed by atoms with E-state index < -0.39 is 5.97 Å². The minimum absolute atomic E-state index is 0.0822. The van der Waals surface area contributed by atoms with Crippen LogP contribution in [-0.4, -0.2) is 31.6 Å². The smallest absolute Gasteiger partial charge is 0.350 e. The zero-order valence-corrected chi connectivity index (χ0v) is 12.7. The van der Waals surface area contributed by atoms with Crippen molar-refractivity contribution in [2.75, 3.05) is 24.6 Å². The standard InChI is InChI=1S/C16H18N4O2/c1-3-22-15(21)13(10-17)11-19-16-18-8-9-20(16)14-7-5-4-6-12(14)2/h4-7,11H,3,8-9H2,1-2H3,(H,18,19)/b13-11+. The third-order valence-corrected chi connectivity index (χ3v) is 3.21. The second kappa shape index (κ2) is 7.27. The van der Waals surface area contributed by atoms with Crippen LogP contribution in [-0.2, 0) is 9.53 Å². The topological polar surface area (TPSA) is 77.7 Å². The summed E-state index contributed by atoms with van der Waals surface area (Å²) in [5, 5.41) is 11.9. The first-order valence-corrected chi connectivity index (χ1v) is 7.09. The van der Waals surface area contributed by atoms with Crippen molar-refractivity contribution >= 4 is 17.6 Å². The zero-order valence-electron chi connectivity index (χ0n) is 12.7. The molecule has 0 unspecified atom stereocenters. The first kappa shape index (κ1) is 15.6. The average molecular weight is 298 g/mol. The third-order valence-electron chi connectivity index (χ3n) is 3.21. The molecule has 22 heavy (non-hydrogen) atoms. The van der Waals surface area contributed by atoms with E-state index >= 15 is 0 Å². The predicted octanol–water partition coefficient (Wildman–Crippen LogP) is 1.73. The Labute approximate surface area is 129 Å². The van der Waals surface area contributed by atoms with Crippen molar-refractivity contribution in [3.63, 3.8) is 0 Å². The molecule has 1 aliphatic heterocycles. The number of hydrogen-bond acceptors (Lipinski definition) is 6. The van der Waals surface area contributed by atoms with Crippen LogP contribution >= 0.6 is 0 Å². The summed E-state index contributed by atoms with van der Waals surface area (Å²) in [6.07, 6.45) is 1.34. The minimum Gasteiger partial charge on any atom is -0.462 e. The highest BCUT2D eigenvalue weighted by molar-refractivity contribution is 6.00. The summed E-state index contributed by atoms with van der Waals surface area (Å²) in [6, 6.07) is 9.81. The lowest BCUT2D eigenvalue weighted by atomic mass is 10.2. The number of hydrogen-bond donors (Lipinski definition) is 1. The quantitative estimate of drug-likeness (QED) is 0.520. The van der Waals surface area contributed by atoms with Gasteiger partial charge in [0.05, 0.1) is 13.2 Å². The molecule has 0 bridgehead atoms. The van der Waals surface area contributed by atoms with E-state index in [0.29, 0.717) is 12.5 Å². The molecular formula is C16H18N4O2. The maximum atomic E-state index is 11.6. The molecule has 0 atom stereocenters. The molecule has 0 radical (unpaired) electrons. The number of esters is 1. The fourth-order valence-electron chi connectivity index (χ4n) is 2.15. The van der Waals surface area contributed by atoms with Crippen molar-refractivity contribution in [2.45, 2.75) is 13.8 Å². The molecule has 0 saturated heterocycles. The normalized spacial score (nSPS) is 14.3.